The number of nitrogens with zero attached hydrogens (tertiary/aromatic N) is 4. The molecule has 3 amide bonds. The van der Waals surface area contributed by atoms with E-state index in [2.05, 4.69) is 15.3 Å². The van der Waals surface area contributed by atoms with Crippen molar-refractivity contribution in [2.24, 2.45) is 0 Å². The molecule has 2 aliphatic rings. The molecule has 1 saturated heterocycles. The van der Waals surface area contributed by atoms with Crippen LogP contribution in [0.1, 0.15) is 25.7 Å². The van der Waals surface area contributed by atoms with Crippen LogP contribution in [0.5, 0.6) is 5.88 Å². The summed E-state index contributed by atoms with van der Waals surface area (Å²) in [5.74, 6) is 0.00397. The largest absolute Gasteiger partial charge is 0.473 e. The Labute approximate surface area is 174 Å². The van der Waals surface area contributed by atoms with Gasteiger partial charge in [-0.3, -0.25) is 14.7 Å². The van der Waals surface area contributed by atoms with Crippen molar-refractivity contribution in [1.29, 1.82) is 0 Å². The summed E-state index contributed by atoms with van der Waals surface area (Å²) in [6.45, 7) is 0.956. The standard InChI is InChI=1S/C21H24FN5O3/c22-15-1-5-17(6-2-15)27-12-11-26(21(27)29)14-19(28)25-16-3-7-18(8-4-16)30-20-13-23-9-10-24-20/h1-2,5-6,9-10,13,16,18H,3-4,7-8,11-12,14H2,(H,25,28). The van der Waals surface area contributed by atoms with E-state index in [-0.39, 0.29) is 36.4 Å². The fourth-order valence-corrected chi connectivity index (χ4v) is 3.88. The molecule has 4 rings (SSSR count). The molecule has 0 unspecified atom stereocenters. The van der Waals surface area contributed by atoms with Gasteiger partial charge in [0.05, 0.1) is 6.20 Å². The number of ether oxygens (including phenoxy) is 1. The topological polar surface area (TPSA) is 87.7 Å². The number of urea groups is 1. The number of carbonyl (C=O) groups is 2. The number of amides is 3. The van der Waals surface area contributed by atoms with Crippen molar-refractivity contribution in [3.8, 4) is 5.88 Å². The van der Waals surface area contributed by atoms with Gasteiger partial charge in [0.1, 0.15) is 18.5 Å². The highest BCUT2D eigenvalue weighted by atomic mass is 19.1. The predicted octanol–water partition coefficient (Wildman–Crippen LogP) is 2.36. The lowest BCUT2D eigenvalue weighted by molar-refractivity contribution is -0.122. The van der Waals surface area contributed by atoms with Crippen LogP contribution < -0.4 is 15.0 Å². The van der Waals surface area contributed by atoms with Crippen molar-refractivity contribution in [3.05, 3.63) is 48.7 Å². The first-order valence-electron chi connectivity index (χ1n) is 10.1. The lowest BCUT2D eigenvalue weighted by atomic mass is 9.93. The van der Waals surface area contributed by atoms with Gasteiger partial charge in [-0.15, -0.1) is 0 Å². The Balaban J connectivity index is 1.22. The van der Waals surface area contributed by atoms with Gasteiger partial charge in [-0.05, 0) is 49.9 Å². The minimum Gasteiger partial charge on any atom is -0.473 e. The van der Waals surface area contributed by atoms with Crippen LogP contribution in [-0.4, -0.2) is 58.6 Å². The normalized spacial score (nSPS) is 21.6. The molecular formula is C21H24FN5O3. The summed E-state index contributed by atoms with van der Waals surface area (Å²) >= 11 is 0. The van der Waals surface area contributed by atoms with E-state index >= 15 is 0 Å². The van der Waals surface area contributed by atoms with Crippen molar-refractivity contribution in [1.82, 2.24) is 20.2 Å². The molecule has 1 saturated carbocycles. The van der Waals surface area contributed by atoms with Gasteiger partial charge in [-0.2, -0.15) is 0 Å². The lowest BCUT2D eigenvalue weighted by Crippen LogP contribution is -2.45. The summed E-state index contributed by atoms with van der Waals surface area (Å²) in [6, 6.07) is 5.62. The molecule has 1 aromatic carbocycles. The molecule has 1 aliphatic carbocycles. The summed E-state index contributed by atoms with van der Waals surface area (Å²) in [5, 5.41) is 3.03. The zero-order chi connectivity index (χ0) is 20.9. The molecule has 158 valence electrons. The Morgan fingerprint density at radius 2 is 1.90 bits per heavy atom. The second kappa shape index (κ2) is 9.06. The number of hydrogen-bond acceptors (Lipinski definition) is 5. The molecule has 2 aromatic rings. The fraction of sp³-hybridized carbons (Fsp3) is 0.429. The molecule has 0 spiro atoms. The molecule has 0 bridgehead atoms. The smallest absolute Gasteiger partial charge is 0.325 e. The minimum absolute atomic E-state index is 0.0204. The van der Waals surface area contributed by atoms with E-state index in [0.717, 1.165) is 25.7 Å². The molecule has 2 fully saturated rings. The van der Waals surface area contributed by atoms with Crippen LogP contribution in [0, 0.1) is 5.82 Å². The van der Waals surface area contributed by atoms with Crippen molar-refractivity contribution in [2.45, 2.75) is 37.8 Å². The number of halogens is 1. The molecule has 8 nitrogen and oxygen atoms in total. The van der Waals surface area contributed by atoms with Gasteiger partial charge in [-0.25, -0.2) is 14.2 Å². The Bertz CT molecular complexity index is 872. The summed E-state index contributed by atoms with van der Waals surface area (Å²) in [4.78, 5) is 36.2. The Morgan fingerprint density at radius 3 is 2.60 bits per heavy atom. The van der Waals surface area contributed by atoms with Crippen LogP contribution in [0.15, 0.2) is 42.9 Å². The monoisotopic (exact) mass is 413 g/mol. The molecular weight excluding hydrogens is 389 g/mol. The van der Waals surface area contributed by atoms with E-state index in [1.165, 1.54) is 17.0 Å². The van der Waals surface area contributed by atoms with Crippen LogP contribution in [-0.2, 0) is 4.79 Å². The van der Waals surface area contributed by atoms with Gasteiger partial charge in [0.15, 0.2) is 0 Å². The van der Waals surface area contributed by atoms with Crippen LogP contribution in [0.3, 0.4) is 0 Å². The number of nitrogens with one attached hydrogen (secondary N) is 1. The zero-order valence-corrected chi connectivity index (χ0v) is 16.5. The van der Waals surface area contributed by atoms with Crippen molar-refractivity contribution >= 4 is 17.6 Å². The molecule has 30 heavy (non-hydrogen) atoms. The summed E-state index contributed by atoms with van der Waals surface area (Å²) < 4.78 is 18.9. The summed E-state index contributed by atoms with van der Waals surface area (Å²) in [7, 11) is 0. The molecule has 1 N–H and O–H groups in total. The van der Waals surface area contributed by atoms with Crippen LogP contribution in [0.4, 0.5) is 14.9 Å². The fourth-order valence-electron chi connectivity index (χ4n) is 3.88. The molecule has 1 aliphatic heterocycles. The third kappa shape index (κ3) is 4.84. The van der Waals surface area contributed by atoms with E-state index in [4.69, 9.17) is 4.74 Å². The van der Waals surface area contributed by atoms with Crippen molar-refractivity contribution in [3.63, 3.8) is 0 Å². The Morgan fingerprint density at radius 1 is 1.13 bits per heavy atom. The van der Waals surface area contributed by atoms with E-state index in [9.17, 15) is 14.0 Å². The molecule has 0 atom stereocenters. The average Bonchev–Trinajstić information content (AvgIpc) is 3.11. The SMILES string of the molecule is O=C(CN1CCN(c2ccc(F)cc2)C1=O)NC1CCC(Oc2cnccn2)CC1. The number of benzene rings is 1. The average molecular weight is 413 g/mol. The molecule has 9 heteroatoms. The zero-order valence-electron chi connectivity index (χ0n) is 16.5. The van der Waals surface area contributed by atoms with Crippen LogP contribution in [0.25, 0.3) is 0 Å². The number of aromatic nitrogens is 2. The second-order valence-corrected chi connectivity index (χ2v) is 7.53. The second-order valence-electron chi connectivity index (χ2n) is 7.53. The summed E-state index contributed by atoms with van der Waals surface area (Å²) in [6.07, 6.45) is 8.13. The third-order valence-electron chi connectivity index (χ3n) is 5.43. The lowest BCUT2D eigenvalue weighted by Gasteiger charge is -2.29. The minimum atomic E-state index is -0.349. The Hall–Kier alpha value is -3.23. The third-order valence-corrected chi connectivity index (χ3v) is 5.43. The number of anilines is 1. The predicted molar refractivity (Wildman–Crippen MR) is 108 cm³/mol. The number of carbonyl (C=O) groups excluding carboxylic acids is 2. The maximum absolute atomic E-state index is 13.1. The van der Waals surface area contributed by atoms with Crippen LogP contribution >= 0.6 is 0 Å². The first-order valence-corrected chi connectivity index (χ1v) is 10.1. The number of hydrogen-bond donors (Lipinski definition) is 1. The van der Waals surface area contributed by atoms with Gasteiger partial charge < -0.3 is 15.0 Å². The highest BCUT2D eigenvalue weighted by Gasteiger charge is 2.31. The Kier molecular flexibility index (Phi) is 6.06. The molecule has 2 heterocycles. The van der Waals surface area contributed by atoms with E-state index in [1.54, 1.807) is 35.6 Å². The van der Waals surface area contributed by atoms with Crippen molar-refractivity contribution < 1.29 is 18.7 Å². The van der Waals surface area contributed by atoms with Crippen molar-refractivity contribution in [2.75, 3.05) is 24.5 Å². The first-order chi connectivity index (χ1) is 14.6. The maximum atomic E-state index is 13.1. The van der Waals surface area contributed by atoms with Gasteiger partial charge in [0, 0.05) is 37.2 Å². The summed E-state index contributed by atoms with van der Waals surface area (Å²) in [5.41, 5.74) is 0.630. The van der Waals surface area contributed by atoms with Gasteiger partial charge in [0.25, 0.3) is 0 Å². The highest BCUT2D eigenvalue weighted by molar-refractivity contribution is 5.96. The molecule has 0 radical (unpaired) electrons. The maximum Gasteiger partial charge on any atom is 0.325 e. The van der Waals surface area contributed by atoms with E-state index in [1.807, 2.05) is 0 Å². The van der Waals surface area contributed by atoms with Gasteiger partial charge in [0.2, 0.25) is 11.8 Å². The van der Waals surface area contributed by atoms with E-state index < -0.39 is 0 Å². The number of rotatable bonds is 6. The first kappa shape index (κ1) is 20.1. The van der Waals surface area contributed by atoms with E-state index in [0.29, 0.717) is 24.7 Å². The quantitative estimate of drug-likeness (QED) is 0.786. The van der Waals surface area contributed by atoms with Crippen LogP contribution in [0.2, 0.25) is 0 Å². The van der Waals surface area contributed by atoms with Gasteiger partial charge in [-0.1, -0.05) is 0 Å². The van der Waals surface area contributed by atoms with Gasteiger partial charge >= 0.3 is 6.03 Å². The molecule has 1 aromatic heterocycles. The highest BCUT2D eigenvalue weighted by Crippen LogP contribution is 2.23.